The third-order valence-corrected chi connectivity index (χ3v) is 7.66. The van der Waals surface area contributed by atoms with Gasteiger partial charge in [-0.3, -0.25) is 9.88 Å². The smallest absolute Gasteiger partial charge is 0.141 e. The van der Waals surface area contributed by atoms with Crippen molar-refractivity contribution in [3.63, 3.8) is 0 Å². The van der Waals surface area contributed by atoms with Crippen LogP contribution in [0.3, 0.4) is 0 Å². The summed E-state index contributed by atoms with van der Waals surface area (Å²) < 4.78 is 17.3. The number of nitrogens with two attached hydrogens (primary N) is 1. The van der Waals surface area contributed by atoms with Crippen molar-refractivity contribution in [3.8, 4) is 28.5 Å². The minimum atomic E-state index is -0.519. The van der Waals surface area contributed by atoms with Gasteiger partial charge in [-0.25, -0.2) is 4.39 Å². The van der Waals surface area contributed by atoms with E-state index in [0.29, 0.717) is 0 Å². The van der Waals surface area contributed by atoms with Crippen molar-refractivity contribution in [2.75, 3.05) is 13.1 Å². The third kappa shape index (κ3) is 4.54. The number of likely N-dealkylation sites (tertiary alicyclic amines) is 1. The molecule has 1 aliphatic heterocycles. The number of halogens is 1. The Hall–Kier alpha value is -3.53. The molecule has 0 radical (unpaired) electrons. The van der Waals surface area contributed by atoms with E-state index >= 15 is 0 Å². The van der Waals surface area contributed by atoms with Gasteiger partial charge in [0.15, 0.2) is 0 Å². The van der Waals surface area contributed by atoms with E-state index in [1.54, 1.807) is 6.07 Å². The fourth-order valence-corrected chi connectivity index (χ4v) is 5.68. The van der Waals surface area contributed by atoms with E-state index in [1.165, 1.54) is 22.9 Å². The van der Waals surface area contributed by atoms with E-state index in [0.717, 1.165) is 64.9 Å². The summed E-state index contributed by atoms with van der Waals surface area (Å²) in [5, 5.41) is 10.4. The van der Waals surface area contributed by atoms with Crippen molar-refractivity contribution in [2.24, 2.45) is 5.73 Å². The Morgan fingerprint density at radius 3 is 2.51 bits per heavy atom. The molecule has 2 aromatic carbocycles. The van der Waals surface area contributed by atoms with Crippen molar-refractivity contribution in [3.05, 3.63) is 76.4 Å². The zero-order valence-electron chi connectivity index (χ0n) is 22.3. The van der Waals surface area contributed by atoms with Crippen LogP contribution < -0.4 is 5.73 Å². The number of aromatic nitrogens is 2. The molecule has 0 spiro atoms. The zero-order valence-corrected chi connectivity index (χ0v) is 22.3. The van der Waals surface area contributed by atoms with Gasteiger partial charge in [0, 0.05) is 53.9 Å². The van der Waals surface area contributed by atoms with E-state index in [9.17, 15) is 9.65 Å². The summed E-state index contributed by atoms with van der Waals surface area (Å²) in [6.07, 6.45) is 2.97. The van der Waals surface area contributed by atoms with Crippen LogP contribution in [0.5, 0.6) is 0 Å². The summed E-state index contributed by atoms with van der Waals surface area (Å²) in [5.74, 6) is -0.519. The van der Waals surface area contributed by atoms with Gasteiger partial charge in [-0.15, -0.1) is 0 Å². The second-order valence-electron chi connectivity index (χ2n) is 10.7. The first-order chi connectivity index (χ1) is 17.7. The van der Waals surface area contributed by atoms with Gasteiger partial charge in [0.1, 0.15) is 11.9 Å². The lowest BCUT2D eigenvalue weighted by Crippen LogP contribution is -2.27. The van der Waals surface area contributed by atoms with Crippen molar-refractivity contribution in [1.82, 2.24) is 14.5 Å². The lowest BCUT2D eigenvalue weighted by atomic mass is 9.91. The predicted molar refractivity (Wildman–Crippen MR) is 148 cm³/mol. The van der Waals surface area contributed by atoms with Crippen molar-refractivity contribution >= 4 is 10.9 Å². The van der Waals surface area contributed by atoms with Gasteiger partial charge in [0.25, 0.3) is 0 Å². The molecule has 0 aliphatic carbocycles. The first-order valence-corrected chi connectivity index (χ1v) is 13.0. The number of aryl methyl sites for hydroxylation is 3. The molecule has 3 heterocycles. The molecule has 1 saturated heterocycles. The largest absolute Gasteiger partial charge is 0.340 e. The van der Waals surface area contributed by atoms with E-state index < -0.39 is 5.82 Å². The monoisotopic (exact) mass is 495 g/mol. The molecule has 0 unspecified atom stereocenters. The molecule has 2 aromatic heterocycles. The van der Waals surface area contributed by atoms with Crippen LogP contribution in [0.15, 0.2) is 42.6 Å². The summed E-state index contributed by atoms with van der Waals surface area (Å²) in [5.41, 5.74) is 15.5. The Bertz CT molecular complexity index is 1540. The molecule has 1 fully saturated rings. The summed E-state index contributed by atoms with van der Waals surface area (Å²) in [4.78, 5) is 7.42. The Morgan fingerprint density at radius 1 is 1.11 bits per heavy atom. The minimum absolute atomic E-state index is 0.0404. The molecule has 4 aromatic rings. The first-order valence-electron chi connectivity index (χ1n) is 13.0. The molecule has 0 amide bonds. The second-order valence-corrected chi connectivity index (χ2v) is 10.7. The number of nitrogens with zero attached hydrogens (tertiary/aromatic N) is 4. The Balaban J connectivity index is 1.80. The van der Waals surface area contributed by atoms with Crippen molar-refractivity contribution in [1.29, 1.82) is 5.26 Å². The lowest BCUT2D eigenvalue weighted by Gasteiger charge is -2.20. The van der Waals surface area contributed by atoms with Crippen LogP contribution in [0.2, 0.25) is 0 Å². The van der Waals surface area contributed by atoms with Crippen molar-refractivity contribution in [2.45, 2.75) is 59.7 Å². The summed E-state index contributed by atoms with van der Waals surface area (Å²) >= 11 is 0. The van der Waals surface area contributed by atoms with E-state index in [1.807, 2.05) is 18.3 Å². The number of fused-ring (bicyclic) bond motifs is 1. The highest BCUT2D eigenvalue weighted by Gasteiger charge is 2.25. The molecule has 5 nitrogen and oxygen atoms in total. The summed E-state index contributed by atoms with van der Waals surface area (Å²) in [6, 6.07) is 13.9. The molecular formula is C31H34FN5. The minimum Gasteiger partial charge on any atom is -0.340 e. The van der Waals surface area contributed by atoms with Crippen LogP contribution in [0.1, 0.15) is 54.3 Å². The average molecular weight is 496 g/mol. The van der Waals surface area contributed by atoms with E-state index in [4.69, 9.17) is 10.7 Å². The maximum Gasteiger partial charge on any atom is 0.141 e. The highest BCUT2D eigenvalue weighted by Crippen LogP contribution is 2.41. The maximum atomic E-state index is 14.9. The topological polar surface area (TPSA) is 70.9 Å². The Labute approximate surface area is 218 Å². The Morgan fingerprint density at radius 2 is 1.86 bits per heavy atom. The van der Waals surface area contributed by atoms with Gasteiger partial charge in [-0.2, -0.15) is 5.26 Å². The molecule has 5 rings (SSSR count). The molecule has 1 aliphatic rings. The fraction of sp³-hybridized carbons (Fsp3) is 0.355. The van der Waals surface area contributed by atoms with E-state index in [2.05, 4.69) is 62.3 Å². The van der Waals surface area contributed by atoms with Crippen LogP contribution in [-0.2, 0) is 6.54 Å². The van der Waals surface area contributed by atoms with Crippen molar-refractivity contribution < 1.29 is 4.39 Å². The van der Waals surface area contributed by atoms with Crippen LogP contribution in [-0.4, -0.2) is 33.6 Å². The SMILES string of the molecule is Cc1cc(C)c(-c2ncc3c(cc(CN4CC[C@H](N)C4)n3C(C)C)c2-c2ccc(C#N)c(F)c2)cc1C. The molecule has 6 heteroatoms. The number of rotatable bonds is 5. The molecule has 0 saturated carbocycles. The number of hydrogen-bond acceptors (Lipinski definition) is 4. The van der Waals surface area contributed by atoms with Crippen LogP contribution >= 0.6 is 0 Å². The lowest BCUT2D eigenvalue weighted by molar-refractivity contribution is 0.315. The molecule has 37 heavy (non-hydrogen) atoms. The van der Waals surface area contributed by atoms with Gasteiger partial charge in [0.05, 0.1) is 23.0 Å². The number of hydrogen-bond donors (Lipinski definition) is 1. The van der Waals surface area contributed by atoms with Crippen LogP contribution in [0.4, 0.5) is 4.39 Å². The molecule has 1 atom stereocenters. The number of nitriles is 1. The maximum absolute atomic E-state index is 14.9. The molecule has 190 valence electrons. The average Bonchev–Trinajstić information content (AvgIpc) is 3.43. The van der Waals surface area contributed by atoms with Crippen LogP contribution in [0, 0.1) is 37.9 Å². The third-order valence-electron chi connectivity index (χ3n) is 7.66. The van der Waals surface area contributed by atoms with Gasteiger partial charge in [-0.1, -0.05) is 12.1 Å². The quantitative estimate of drug-likeness (QED) is 0.347. The first kappa shape index (κ1) is 25.1. The van der Waals surface area contributed by atoms with Gasteiger partial charge < -0.3 is 10.3 Å². The van der Waals surface area contributed by atoms with Crippen LogP contribution in [0.25, 0.3) is 33.3 Å². The number of benzene rings is 2. The molecular weight excluding hydrogens is 461 g/mol. The zero-order chi connectivity index (χ0) is 26.4. The second kappa shape index (κ2) is 9.74. The normalized spacial score (nSPS) is 16.1. The molecule has 2 N–H and O–H groups in total. The highest BCUT2D eigenvalue weighted by atomic mass is 19.1. The molecule has 0 bridgehead atoms. The Kier molecular flexibility index (Phi) is 6.61. The number of pyridine rings is 1. The van der Waals surface area contributed by atoms with Gasteiger partial charge in [0.2, 0.25) is 0 Å². The highest BCUT2D eigenvalue weighted by molar-refractivity contribution is 6.02. The summed E-state index contributed by atoms with van der Waals surface area (Å²) in [6.45, 7) is 13.4. The standard InChI is InChI=1S/C31H34FN5/c1-18(2)37-25(17-36-9-8-24(34)16-36)13-27-29(37)15-35-31(26-11-20(4)19(3)10-21(26)5)30(27)22-6-7-23(14-33)28(32)12-22/h6-7,10-13,15,18,24H,8-9,16-17,34H2,1-5H3/t24-/m0/s1. The van der Waals surface area contributed by atoms with Gasteiger partial charge >= 0.3 is 0 Å². The summed E-state index contributed by atoms with van der Waals surface area (Å²) in [7, 11) is 0. The fourth-order valence-electron chi connectivity index (χ4n) is 5.68. The predicted octanol–water partition coefficient (Wildman–Crippen LogP) is 6.42. The van der Waals surface area contributed by atoms with Gasteiger partial charge in [-0.05, 0) is 87.6 Å². The van der Waals surface area contributed by atoms with E-state index in [-0.39, 0.29) is 17.6 Å².